The van der Waals surface area contributed by atoms with Crippen molar-refractivity contribution in [2.45, 2.75) is 20.9 Å². The first-order chi connectivity index (χ1) is 7.22. The van der Waals surface area contributed by atoms with Crippen molar-refractivity contribution >= 4 is 31.2 Å². The normalized spacial score (nSPS) is 24.0. The number of thiophene rings is 1. The molecule has 4 N–H and O–H groups in total. The van der Waals surface area contributed by atoms with Crippen LogP contribution in [0.15, 0.2) is 14.5 Å². The Kier molecular flexibility index (Phi) is 2.63. The summed E-state index contributed by atoms with van der Waals surface area (Å²) in [6, 6.07) is 0.821. The number of hydrogen-bond acceptors (Lipinski definition) is 6. The maximum absolute atomic E-state index is 11.7. The van der Waals surface area contributed by atoms with Gasteiger partial charge in [-0.25, -0.2) is 22.0 Å². The topological polar surface area (TPSA) is 120 Å². The third-order valence-electron chi connectivity index (χ3n) is 2.36. The van der Waals surface area contributed by atoms with Crippen LogP contribution in [0.25, 0.3) is 0 Å². The number of sulfonamides is 1. The van der Waals surface area contributed by atoms with E-state index in [0.29, 0.717) is 23.3 Å². The van der Waals surface area contributed by atoms with Gasteiger partial charge >= 0.3 is 0 Å². The molecule has 90 valence electrons. The van der Waals surface area contributed by atoms with E-state index in [1.807, 2.05) is 0 Å². The van der Waals surface area contributed by atoms with Gasteiger partial charge in [0, 0.05) is 6.04 Å². The van der Waals surface area contributed by atoms with Crippen LogP contribution < -0.4 is 10.9 Å². The Hall–Kier alpha value is -0.480. The summed E-state index contributed by atoms with van der Waals surface area (Å²) in [6.07, 6.45) is 0.302. The Labute approximate surface area is 97.2 Å². The lowest BCUT2D eigenvalue weighted by Crippen LogP contribution is -2.23. The highest BCUT2D eigenvalue weighted by atomic mass is 32.3. The largest absolute Gasteiger partial charge is 0.324 e. The van der Waals surface area contributed by atoms with E-state index >= 15 is 0 Å². The van der Waals surface area contributed by atoms with Crippen LogP contribution in [0.1, 0.15) is 18.0 Å². The fourth-order valence-corrected chi connectivity index (χ4v) is 5.74. The highest BCUT2D eigenvalue weighted by molar-refractivity contribution is 7.95. The number of sulfone groups is 1. The van der Waals surface area contributed by atoms with Crippen LogP contribution in [0.3, 0.4) is 0 Å². The number of hydrogen-bond donors (Lipinski definition) is 2. The minimum atomic E-state index is -3.87. The molecule has 0 radical (unpaired) electrons. The Morgan fingerprint density at radius 1 is 1.44 bits per heavy atom. The summed E-state index contributed by atoms with van der Waals surface area (Å²) in [5.41, 5.74) is 6.09. The third kappa shape index (κ3) is 1.89. The lowest BCUT2D eigenvalue weighted by atomic mass is 10.1. The summed E-state index contributed by atoms with van der Waals surface area (Å²) >= 11 is 0.672. The van der Waals surface area contributed by atoms with Crippen LogP contribution in [-0.2, 0) is 19.9 Å². The van der Waals surface area contributed by atoms with Gasteiger partial charge in [-0.15, -0.1) is 11.3 Å². The first-order valence-corrected chi connectivity index (χ1v) is 8.38. The molecule has 0 bridgehead atoms. The van der Waals surface area contributed by atoms with Gasteiger partial charge in [-0.05, 0) is 18.1 Å². The zero-order chi connectivity index (χ0) is 12.1. The summed E-state index contributed by atoms with van der Waals surface area (Å²) in [5, 5.41) is 4.95. The molecule has 6 nitrogen and oxygen atoms in total. The van der Waals surface area contributed by atoms with E-state index < -0.39 is 25.9 Å². The fraction of sp³-hybridized carbons (Fsp3) is 0.429. The monoisotopic (exact) mass is 282 g/mol. The zero-order valence-corrected chi connectivity index (χ0v) is 10.5. The lowest BCUT2D eigenvalue weighted by molar-refractivity contribution is 0.573. The van der Waals surface area contributed by atoms with Crippen LogP contribution >= 0.6 is 11.3 Å². The van der Waals surface area contributed by atoms with Crippen molar-refractivity contribution in [3.8, 4) is 0 Å². The van der Waals surface area contributed by atoms with E-state index in [1.165, 1.54) is 6.07 Å². The Morgan fingerprint density at radius 3 is 2.56 bits per heavy atom. The molecule has 0 unspecified atom stereocenters. The minimum absolute atomic E-state index is 0.0373. The standard InChI is InChI=1S/C7H10N2O4S3/c8-5-1-2-15(10,11)7-4(5)3-6(14-7)16(9,12)13/h3,5H,1-2,8H2,(H2,9,12,13)/t5-/m1/s1. The van der Waals surface area contributed by atoms with Gasteiger partial charge in [0.2, 0.25) is 10.0 Å². The van der Waals surface area contributed by atoms with Crippen molar-refractivity contribution < 1.29 is 16.8 Å². The van der Waals surface area contributed by atoms with Crippen molar-refractivity contribution in [3.05, 3.63) is 11.6 Å². The lowest BCUT2D eigenvalue weighted by Gasteiger charge is -2.17. The average molecular weight is 282 g/mol. The molecule has 1 aromatic rings. The Balaban J connectivity index is 2.71. The molecule has 0 amide bonds. The summed E-state index contributed by atoms with van der Waals surface area (Å²) in [6.45, 7) is 0. The molecule has 0 aromatic carbocycles. The van der Waals surface area contributed by atoms with Crippen LogP contribution in [0.2, 0.25) is 0 Å². The molecule has 0 spiro atoms. The Morgan fingerprint density at radius 2 is 2.06 bits per heavy atom. The van der Waals surface area contributed by atoms with Crippen molar-refractivity contribution in [2.24, 2.45) is 10.9 Å². The molecule has 2 rings (SSSR count). The van der Waals surface area contributed by atoms with Gasteiger partial charge in [0.15, 0.2) is 9.84 Å². The summed E-state index contributed by atoms with van der Waals surface area (Å²) in [4.78, 5) is 0. The highest BCUT2D eigenvalue weighted by Gasteiger charge is 2.32. The average Bonchev–Trinajstić information content (AvgIpc) is 2.57. The van der Waals surface area contributed by atoms with Crippen molar-refractivity contribution in [2.75, 3.05) is 5.75 Å². The summed E-state index contributed by atoms with van der Waals surface area (Å²) in [7, 11) is -7.27. The van der Waals surface area contributed by atoms with Crippen LogP contribution in [0.4, 0.5) is 0 Å². The maximum atomic E-state index is 11.7. The van der Waals surface area contributed by atoms with E-state index in [4.69, 9.17) is 10.9 Å². The second-order valence-electron chi connectivity index (χ2n) is 3.57. The number of fused-ring (bicyclic) bond motifs is 1. The van der Waals surface area contributed by atoms with E-state index in [1.54, 1.807) is 0 Å². The molecule has 16 heavy (non-hydrogen) atoms. The molecule has 0 aliphatic carbocycles. The van der Waals surface area contributed by atoms with Gasteiger partial charge in [0.05, 0.1) is 5.75 Å². The van der Waals surface area contributed by atoms with Gasteiger partial charge in [-0.2, -0.15) is 0 Å². The van der Waals surface area contributed by atoms with E-state index in [-0.39, 0.29) is 14.2 Å². The number of nitrogens with two attached hydrogens (primary N) is 2. The smallest absolute Gasteiger partial charge is 0.247 e. The number of rotatable bonds is 1. The molecule has 1 aliphatic heterocycles. The van der Waals surface area contributed by atoms with Crippen LogP contribution in [-0.4, -0.2) is 22.6 Å². The minimum Gasteiger partial charge on any atom is -0.324 e. The SMILES string of the molecule is N[C@@H]1CCS(=O)(=O)c2sc(S(N)(=O)=O)cc21. The van der Waals surface area contributed by atoms with Crippen LogP contribution in [0.5, 0.6) is 0 Å². The molecule has 2 heterocycles. The third-order valence-corrected chi connectivity index (χ3v) is 7.31. The molecule has 1 atom stereocenters. The molecule has 0 saturated carbocycles. The predicted molar refractivity (Wildman–Crippen MR) is 59.3 cm³/mol. The molecule has 1 aromatic heterocycles. The molecular weight excluding hydrogens is 272 g/mol. The van der Waals surface area contributed by atoms with Gasteiger partial charge in [-0.3, -0.25) is 0 Å². The fourth-order valence-electron chi connectivity index (χ4n) is 1.54. The quantitative estimate of drug-likeness (QED) is 0.724. The predicted octanol–water partition coefficient (Wildman–Crippen LogP) is -0.427. The summed E-state index contributed by atoms with van der Waals surface area (Å²) < 4.78 is 45.5. The van der Waals surface area contributed by atoms with Crippen molar-refractivity contribution in [3.63, 3.8) is 0 Å². The van der Waals surface area contributed by atoms with Gasteiger partial charge in [-0.1, -0.05) is 0 Å². The van der Waals surface area contributed by atoms with Gasteiger partial charge in [0.25, 0.3) is 0 Å². The van der Waals surface area contributed by atoms with Gasteiger partial charge < -0.3 is 5.73 Å². The first-order valence-electron chi connectivity index (χ1n) is 4.37. The highest BCUT2D eigenvalue weighted by Crippen LogP contribution is 2.38. The molecule has 0 fully saturated rings. The van der Waals surface area contributed by atoms with E-state index in [0.717, 1.165) is 0 Å². The van der Waals surface area contributed by atoms with E-state index in [9.17, 15) is 16.8 Å². The molecule has 9 heteroatoms. The second kappa shape index (κ2) is 3.50. The molecular formula is C7H10N2O4S3. The van der Waals surface area contributed by atoms with Crippen molar-refractivity contribution in [1.82, 2.24) is 0 Å². The van der Waals surface area contributed by atoms with Crippen LogP contribution in [0, 0.1) is 0 Å². The summed E-state index contributed by atoms with van der Waals surface area (Å²) in [5.74, 6) is -0.0499. The van der Waals surface area contributed by atoms with Gasteiger partial charge in [0.1, 0.15) is 8.42 Å². The first kappa shape index (κ1) is 12.0. The zero-order valence-electron chi connectivity index (χ0n) is 8.08. The number of primary sulfonamides is 1. The maximum Gasteiger partial charge on any atom is 0.247 e. The second-order valence-corrected chi connectivity index (χ2v) is 8.71. The van der Waals surface area contributed by atoms with E-state index in [2.05, 4.69) is 0 Å². The Bertz CT molecular complexity index is 629. The van der Waals surface area contributed by atoms with Crippen molar-refractivity contribution in [1.29, 1.82) is 0 Å². The molecule has 0 saturated heterocycles. The molecule has 1 aliphatic rings.